The smallest absolute Gasteiger partial charge is 0.402 e. The van der Waals surface area contributed by atoms with Gasteiger partial charge in [0.15, 0.2) is 12.3 Å². The third kappa shape index (κ3) is 8.47. The number of amides is 2. The van der Waals surface area contributed by atoms with Crippen LogP contribution in [0.2, 0.25) is 10.0 Å². The number of rotatable bonds is 10. The monoisotopic (exact) mass is 718 g/mol. The van der Waals surface area contributed by atoms with E-state index in [1.54, 1.807) is 0 Å². The van der Waals surface area contributed by atoms with Gasteiger partial charge in [-0.25, -0.2) is 8.78 Å². The summed E-state index contributed by atoms with van der Waals surface area (Å²) in [6, 6.07) is 3.38. The first kappa shape index (κ1) is 36.2. The van der Waals surface area contributed by atoms with E-state index >= 15 is 0 Å². The average molecular weight is 719 g/mol. The van der Waals surface area contributed by atoms with E-state index in [-0.39, 0.29) is 76.2 Å². The van der Waals surface area contributed by atoms with Crippen LogP contribution in [0.25, 0.3) is 11.2 Å². The fourth-order valence-electron chi connectivity index (χ4n) is 4.72. The van der Waals surface area contributed by atoms with Crippen molar-refractivity contribution in [1.29, 1.82) is 0 Å². The van der Waals surface area contributed by atoms with Crippen LogP contribution in [0.5, 0.6) is 5.88 Å². The molecule has 0 bridgehead atoms. The molecule has 1 aliphatic carbocycles. The van der Waals surface area contributed by atoms with Crippen molar-refractivity contribution in [2.24, 2.45) is 11.3 Å². The lowest BCUT2D eigenvalue weighted by Crippen LogP contribution is -2.46. The Balaban J connectivity index is 1.55. The van der Waals surface area contributed by atoms with Gasteiger partial charge in [0.25, 0.3) is 12.3 Å². The van der Waals surface area contributed by atoms with Gasteiger partial charge in [-0.3, -0.25) is 9.59 Å². The summed E-state index contributed by atoms with van der Waals surface area (Å²) in [6.07, 6.45) is -12.3. The van der Waals surface area contributed by atoms with Crippen LogP contribution in [-0.4, -0.2) is 58.2 Å². The maximum absolute atomic E-state index is 13.2. The van der Waals surface area contributed by atoms with Gasteiger partial charge in [0.05, 0.1) is 27.2 Å². The van der Waals surface area contributed by atoms with E-state index < -0.39 is 60.5 Å². The number of ether oxygens (including phenoxy) is 1. The van der Waals surface area contributed by atoms with E-state index in [1.807, 2.05) is 0 Å². The van der Waals surface area contributed by atoms with Gasteiger partial charge in [0, 0.05) is 12.6 Å². The van der Waals surface area contributed by atoms with Crippen LogP contribution in [0.1, 0.15) is 55.5 Å². The van der Waals surface area contributed by atoms with Crippen molar-refractivity contribution in [2.45, 2.75) is 70.9 Å². The summed E-state index contributed by atoms with van der Waals surface area (Å²) >= 11 is 12.7. The molecule has 1 aliphatic rings. The lowest BCUT2D eigenvalue weighted by Gasteiger charge is -2.30. The number of anilines is 2. The number of nitrogens with zero attached hydrogens (tertiary/aromatic N) is 2. The maximum Gasteiger partial charge on any atom is 0.402 e. The molecule has 1 fully saturated rings. The molecule has 1 saturated carbocycles. The number of hydrogen-bond donors (Lipinski definition) is 4. The van der Waals surface area contributed by atoms with E-state index in [2.05, 4.69) is 30.9 Å². The molecule has 0 radical (unpaired) electrons. The molecule has 0 spiro atoms. The quantitative estimate of drug-likeness (QED) is 0.160. The first-order chi connectivity index (χ1) is 21.8. The third-order valence-electron chi connectivity index (χ3n) is 7.68. The summed E-state index contributed by atoms with van der Waals surface area (Å²) in [7, 11) is 0. The number of carbonyl (C=O) groups is 2. The van der Waals surface area contributed by atoms with Crippen molar-refractivity contribution in [3.05, 3.63) is 39.4 Å². The summed E-state index contributed by atoms with van der Waals surface area (Å²) in [5, 5.41) is 7.59. The second-order valence-electron chi connectivity index (χ2n) is 11.4. The van der Waals surface area contributed by atoms with Crippen molar-refractivity contribution < 1.29 is 49.4 Å². The number of pyridine rings is 1. The molecule has 3 aromatic rings. The molecule has 9 nitrogen and oxygen atoms in total. The number of imidazole rings is 1. The predicted octanol–water partition coefficient (Wildman–Crippen LogP) is 7.71. The topological polar surface area (TPSA) is 121 Å². The van der Waals surface area contributed by atoms with Crippen LogP contribution < -0.4 is 20.7 Å². The largest absolute Gasteiger partial charge is 0.471 e. The van der Waals surface area contributed by atoms with Crippen LogP contribution in [0.3, 0.4) is 0 Å². The number of H-pyrrole nitrogens is 1. The Kier molecular flexibility index (Phi) is 10.7. The molecule has 0 saturated heterocycles. The third-order valence-corrected chi connectivity index (χ3v) is 8.43. The van der Waals surface area contributed by atoms with Crippen LogP contribution in [0, 0.1) is 11.3 Å². The molecule has 2 amide bonds. The van der Waals surface area contributed by atoms with E-state index in [4.69, 9.17) is 27.9 Å². The Morgan fingerprint density at radius 3 is 2.30 bits per heavy atom. The van der Waals surface area contributed by atoms with Gasteiger partial charge in [0.2, 0.25) is 17.7 Å². The van der Waals surface area contributed by atoms with Crippen LogP contribution in [0.4, 0.5) is 46.8 Å². The Hall–Kier alpha value is -3.60. The molecule has 0 atom stereocenters. The number of nitrogens with one attached hydrogen (secondary N) is 4. The van der Waals surface area contributed by atoms with Gasteiger partial charge < -0.3 is 25.7 Å². The average Bonchev–Trinajstić information content (AvgIpc) is 3.37. The summed E-state index contributed by atoms with van der Waals surface area (Å²) in [6.45, 7) is -0.0301. The Morgan fingerprint density at radius 1 is 1.04 bits per heavy atom. The molecule has 47 heavy (non-hydrogen) atoms. The summed E-state index contributed by atoms with van der Waals surface area (Å²) in [5.41, 5.74) is -2.69. The zero-order valence-electron chi connectivity index (χ0n) is 24.6. The Bertz CT molecular complexity index is 1620. The SMILES string of the molecule is CC(C)(C(=O)NCc1ccc(Cl)c(Nc2nc3nc(OCC(F)F)c(C(=O)NC4CCC(C(F)(F)F)CC4)cc3[nH]2)c1Cl)C(F)(F)F. The molecule has 1 aromatic carbocycles. The summed E-state index contributed by atoms with van der Waals surface area (Å²) in [5.74, 6) is -4.12. The fourth-order valence-corrected chi connectivity index (χ4v) is 5.25. The van der Waals surface area contributed by atoms with Crippen LogP contribution in [0.15, 0.2) is 18.2 Å². The second kappa shape index (κ2) is 13.9. The number of aromatic amines is 1. The summed E-state index contributed by atoms with van der Waals surface area (Å²) < 4.78 is 110. The molecular formula is C28H28Cl2F8N6O3. The number of alkyl halides is 8. The zero-order valence-corrected chi connectivity index (χ0v) is 26.1. The van der Waals surface area contributed by atoms with E-state index in [0.717, 1.165) is 13.8 Å². The highest BCUT2D eigenvalue weighted by Gasteiger charge is 2.52. The highest BCUT2D eigenvalue weighted by molar-refractivity contribution is 6.39. The van der Waals surface area contributed by atoms with Gasteiger partial charge in [-0.05, 0) is 57.2 Å². The van der Waals surface area contributed by atoms with Gasteiger partial charge in [-0.15, -0.1) is 0 Å². The predicted molar refractivity (Wildman–Crippen MR) is 156 cm³/mol. The van der Waals surface area contributed by atoms with Crippen molar-refractivity contribution in [1.82, 2.24) is 25.6 Å². The molecule has 2 aromatic heterocycles. The molecular weight excluding hydrogens is 691 g/mol. The molecule has 258 valence electrons. The zero-order chi connectivity index (χ0) is 34.9. The fraction of sp³-hybridized carbons (Fsp3) is 0.500. The Morgan fingerprint density at radius 2 is 1.70 bits per heavy atom. The molecule has 0 unspecified atom stereocenters. The minimum atomic E-state index is -4.80. The summed E-state index contributed by atoms with van der Waals surface area (Å²) in [4.78, 5) is 36.4. The number of aromatic nitrogens is 3. The van der Waals surface area contributed by atoms with Gasteiger partial charge >= 0.3 is 12.4 Å². The minimum absolute atomic E-state index is 0.0378. The van der Waals surface area contributed by atoms with E-state index in [9.17, 15) is 44.7 Å². The first-order valence-electron chi connectivity index (χ1n) is 14.1. The van der Waals surface area contributed by atoms with Crippen molar-refractivity contribution >= 4 is 57.8 Å². The number of benzene rings is 1. The highest BCUT2D eigenvalue weighted by Crippen LogP contribution is 2.40. The van der Waals surface area contributed by atoms with E-state index in [1.165, 1.54) is 18.2 Å². The van der Waals surface area contributed by atoms with E-state index in [0.29, 0.717) is 0 Å². The molecule has 19 heteroatoms. The number of halogens is 10. The van der Waals surface area contributed by atoms with Crippen molar-refractivity contribution in [3.8, 4) is 5.88 Å². The molecule has 4 N–H and O–H groups in total. The lowest BCUT2D eigenvalue weighted by atomic mass is 9.85. The normalized spacial score (nSPS) is 17.6. The maximum atomic E-state index is 13.2. The van der Waals surface area contributed by atoms with Gasteiger partial charge in [-0.1, -0.05) is 29.3 Å². The van der Waals surface area contributed by atoms with Crippen LogP contribution >= 0.6 is 23.2 Å². The first-order valence-corrected chi connectivity index (χ1v) is 14.8. The van der Waals surface area contributed by atoms with Crippen molar-refractivity contribution in [2.75, 3.05) is 11.9 Å². The number of fused-ring (bicyclic) bond motifs is 1. The second-order valence-corrected chi connectivity index (χ2v) is 12.2. The highest BCUT2D eigenvalue weighted by atomic mass is 35.5. The van der Waals surface area contributed by atoms with Crippen LogP contribution in [-0.2, 0) is 11.3 Å². The molecule has 4 rings (SSSR count). The van der Waals surface area contributed by atoms with Gasteiger partial charge in [0.1, 0.15) is 11.0 Å². The number of carbonyl (C=O) groups excluding carboxylic acids is 2. The molecule has 2 heterocycles. The lowest BCUT2D eigenvalue weighted by molar-refractivity contribution is -0.211. The van der Waals surface area contributed by atoms with Crippen molar-refractivity contribution in [3.63, 3.8) is 0 Å². The minimum Gasteiger partial charge on any atom is -0.471 e. The molecule has 0 aliphatic heterocycles. The Labute approximate surface area is 272 Å². The standard InChI is InChI=1S/C28H28Cl2F8N6O3/c1-26(2,28(36,37)38)24(46)39-10-12-3-8-16(29)20(19(12)30)42-25-41-17-9-15(23(43-21(17)44-25)47-11-18(31)32)22(45)40-14-6-4-13(5-7-14)27(33,34)35/h3,8-9,13-14,18H,4-7,10-11H2,1-2H3,(H,39,46)(H,40,45)(H2,41,42,43,44). The van der Waals surface area contributed by atoms with Gasteiger partial charge in [-0.2, -0.15) is 36.3 Å². The number of hydrogen-bond acceptors (Lipinski definition) is 6.